The average molecular weight is 1060 g/mol. The Hall–Kier alpha value is -4.13. The van der Waals surface area contributed by atoms with E-state index in [1.165, 1.54) is 69.5 Å². The van der Waals surface area contributed by atoms with Crippen molar-refractivity contribution in [2.45, 2.75) is 226 Å². The van der Waals surface area contributed by atoms with Crippen LogP contribution in [0.5, 0.6) is 0 Å². The molecule has 5 heterocycles. The van der Waals surface area contributed by atoms with Gasteiger partial charge in [0.15, 0.2) is 0 Å². The molecule has 77 heavy (non-hydrogen) atoms. The van der Waals surface area contributed by atoms with Crippen LogP contribution < -0.4 is 0 Å². The van der Waals surface area contributed by atoms with Crippen molar-refractivity contribution < 1.29 is 0 Å². The molecular weight excluding hydrogens is 939 g/mol. The molecule has 7 aliphatic rings. The minimum atomic E-state index is 0.478. The number of nitrogens with zero attached hydrogens (tertiary/aromatic N) is 7. The predicted octanol–water partition coefficient (Wildman–Crippen LogP) is 20.5. The molecule has 0 saturated carbocycles. The highest BCUT2D eigenvalue weighted by Gasteiger charge is 2.20. The SMILES string of the molecule is CC(C)C1=CC(C(C)C)=NC1.CC(C)C1=CC=C(C(C)C)C1.CC(C)C1=CCC(C(C)C)=C1.CC(C)C1=CCC(C(C)C)=N1.CC(C)C1=CN=C(C(C)C)C1.CC(C)C1=NC(C(C)C)=NC1.CC(C)C1=NN=C(C(C)C)C1. The summed E-state index contributed by atoms with van der Waals surface area (Å²) in [4.78, 5) is 22.2. The van der Waals surface area contributed by atoms with Crippen LogP contribution in [0.1, 0.15) is 226 Å². The molecule has 7 heteroatoms. The van der Waals surface area contributed by atoms with E-state index in [0.29, 0.717) is 65.1 Å². The van der Waals surface area contributed by atoms with Crippen LogP contribution in [-0.2, 0) is 0 Å². The summed E-state index contributed by atoms with van der Waals surface area (Å²) in [6.07, 6.45) is 21.4. The second kappa shape index (κ2) is 35.5. The molecule has 0 radical (unpaired) electrons. The van der Waals surface area contributed by atoms with Crippen molar-refractivity contribution in [2.24, 2.45) is 118 Å². The molecule has 7 rings (SSSR count). The maximum atomic E-state index is 4.56. The van der Waals surface area contributed by atoms with E-state index in [1.54, 1.807) is 16.7 Å². The van der Waals surface area contributed by atoms with E-state index in [-0.39, 0.29) is 0 Å². The van der Waals surface area contributed by atoms with Crippen LogP contribution in [-0.4, -0.2) is 53.2 Å². The first-order valence-electron chi connectivity index (χ1n) is 30.6. The molecular formula is C70H119N7. The molecule has 0 saturated heterocycles. The van der Waals surface area contributed by atoms with E-state index >= 15 is 0 Å². The Morgan fingerprint density at radius 2 is 0.805 bits per heavy atom. The number of allylic oxidation sites excluding steroid dienone is 12. The molecule has 0 spiro atoms. The maximum absolute atomic E-state index is 4.56. The molecule has 0 aromatic heterocycles. The van der Waals surface area contributed by atoms with Gasteiger partial charge in [-0.15, -0.1) is 0 Å². The third kappa shape index (κ3) is 26.6. The van der Waals surface area contributed by atoms with Crippen LogP contribution in [0.25, 0.3) is 0 Å². The molecule has 0 N–H and O–H groups in total. The van der Waals surface area contributed by atoms with E-state index in [0.717, 1.165) is 55.9 Å². The van der Waals surface area contributed by atoms with Crippen LogP contribution in [0, 0.1) is 82.9 Å². The van der Waals surface area contributed by atoms with Gasteiger partial charge in [0.2, 0.25) is 0 Å². The zero-order valence-corrected chi connectivity index (χ0v) is 55.2. The maximum Gasteiger partial charge on any atom is 0.126 e. The lowest BCUT2D eigenvalue weighted by Crippen LogP contribution is -2.12. The number of hydrogen-bond acceptors (Lipinski definition) is 7. The Bertz CT molecular complexity index is 1920. The van der Waals surface area contributed by atoms with E-state index in [1.807, 2.05) is 6.20 Å². The predicted molar refractivity (Wildman–Crippen MR) is 349 cm³/mol. The zero-order chi connectivity index (χ0) is 59.0. The van der Waals surface area contributed by atoms with E-state index in [9.17, 15) is 0 Å². The normalized spacial score (nSPS) is 17.6. The van der Waals surface area contributed by atoms with Gasteiger partial charge in [-0.25, -0.2) is 4.99 Å². The highest BCUT2D eigenvalue weighted by molar-refractivity contribution is 6.08. The van der Waals surface area contributed by atoms with Crippen molar-refractivity contribution in [3.8, 4) is 0 Å². The van der Waals surface area contributed by atoms with Crippen LogP contribution in [0.2, 0.25) is 0 Å². The van der Waals surface area contributed by atoms with Gasteiger partial charge < -0.3 is 0 Å². The lowest BCUT2D eigenvalue weighted by molar-refractivity contribution is 0.696. The summed E-state index contributed by atoms with van der Waals surface area (Å²) in [6.45, 7) is 63.6. The van der Waals surface area contributed by atoms with Gasteiger partial charge in [0.05, 0.1) is 13.1 Å². The van der Waals surface area contributed by atoms with Crippen molar-refractivity contribution in [3.63, 3.8) is 0 Å². The molecule has 0 unspecified atom stereocenters. The molecule has 5 aliphatic heterocycles. The molecule has 434 valence electrons. The minimum Gasteiger partial charge on any atom is -0.285 e. The van der Waals surface area contributed by atoms with Crippen molar-refractivity contribution in [2.75, 3.05) is 13.1 Å². The van der Waals surface area contributed by atoms with Crippen LogP contribution >= 0.6 is 0 Å². The molecule has 0 bridgehead atoms. The van der Waals surface area contributed by atoms with Gasteiger partial charge in [-0.2, -0.15) is 10.2 Å². The topological polar surface area (TPSA) is 86.5 Å². The second-order valence-electron chi connectivity index (χ2n) is 26.5. The Balaban J connectivity index is 0.000000449. The minimum absolute atomic E-state index is 0.478. The molecule has 7 nitrogen and oxygen atoms in total. The van der Waals surface area contributed by atoms with Crippen molar-refractivity contribution in [1.29, 1.82) is 0 Å². The van der Waals surface area contributed by atoms with Crippen LogP contribution in [0.4, 0.5) is 0 Å². The Kier molecular flexibility index (Phi) is 32.7. The summed E-state index contributed by atoms with van der Waals surface area (Å²) in [5.41, 5.74) is 18.2. The lowest BCUT2D eigenvalue weighted by atomic mass is 9.95. The summed E-state index contributed by atoms with van der Waals surface area (Å²) < 4.78 is 0. The zero-order valence-electron chi connectivity index (χ0n) is 55.2. The molecule has 2 aliphatic carbocycles. The Morgan fingerprint density at radius 3 is 1.05 bits per heavy atom. The largest absolute Gasteiger partial charge is 0.285 e. The summed E-state index contributed by atoms with van der Waals surface area (Å²) >= 11 is 0. The highest BCUT2D eigenvalue weighted by Crippen LogP contribution is 2.30. The molecule has 0 aromatic rings. The van der Waals surface area contributed by atoms with Crippen molar-refractivity contribution in [1.82, 2.24) is 0 Å². The van der Waals surface area contributed by atoms with Gasteiger partial charge in [0, 0.05) is 71.3 Å². The second-order valence-corrected chi connectivity index (χ2v) is 26.5. The summed E-state index contributed by atoms with van der Waals surface area (Å²) in [5.74, 6) is 9.76. The van der Waals surface area contributed by atoms with Gasteiger partial charge in [0.25, 0.3) is 0 Å². The van der Waals surface area contributed by atoms with Crippen molar-refractivity contribution in [3.05, 3.63) is 81.8 Å². The first-order chi connectivity index (χ1) is 35.8. The number of aliphatic imine (C=N–C) groups is 5. The average Bonchev–Trinajstić information content (AvgIpc) is 4.20. The third-order valence-electron chi connectivity index (χ3n) is 14.9. The van der Waals surface area contributed by atoms with Gasteiger partial charge in [0.1, 0.15) is 5.84 Å². The molecule has 0 atom stereocenters. The fourth-order valence-electron chi connectivity index (χ4n) is 8.29. The first kappa shape index (κ1) is 70.9. The quantitative estimate of drug-likeness (QED) is 0.166. The van der Waals surface area contributed by atoms with Crippen LogP contribution in [0.3, 0.4) is 0 Å². The van der Waals surface area contributed by atoms with Gasteiger partial charge in [-0.3, -0.25) is 20.0 Å². The first-order valence-corrected chi connectivity index (χ1v) is 30.6. The lowest BCUT2D eigenvalue weighted by Gasteiger charge is -2.10. The number of hydrogen-bond donors (Lipinski definition) is 0. The van der Waals surface area contributed by atoms with Crippen molar-refractivity contribution >= 4 is 40.1 Å². The third-order valence-corrected chi connectivity index (χ3v) is 14.9. The van der Waals surface area contributed by atoms with E-state index in [4.69, 9.17) is 0 Å². The monoisotopic (exact) mass is 1060 g/mol. The van der Waals surface area contributed by atoms with Gasteiger partial charge in [-0.05, 0) is 113 Å². The summed E-state index contributed by atoms with van der Waals surface area (Å²) in [5, 5.41) is 8.28. The standard InChI is InChI=1S/2C11H18.3C10H17N.2C9H16N2/c2*1-8(2)10-5-6-11(7-10)9(3)4;2*1-7(2)9-5-10(8(3)4)11-6-9;1-7(2)9-5-6-10(11-9)8(3)4;1-6(2)8-5-10-9(11-8)7(3)4;1-6(2)8-5-9(7(3)4)11-10-8/h5,7-9H,6H2,1-4H3;5-6,8-9H,7H2,1-4H3;6-8H,5H2,1-4H3;2*5,7-8H,6H2,1-4H3;2*6-7H,5H2,1-4H3. The number of amidine groups is 1. The van der Waals surface area contributed by atoms with E-state index < -0.39 is 0 Å². The molecule has 0 amide bonds. The Labute approximate surface area is 476 Å². The number of rotatable bonds is 14. The summed E-state index contributed by atoms with van der Waals surface area (Å²) in [6, 6.07) is 0. The van der Waals surface area contributed by atoms with Gasteiger partial charge in [-0.1, -0.05) is 241 Å². The Morgan fingerprint density at radius 1 is 0.325 bits per heavy atom. The van der Waals surface area contributed by atoms with Crippen LogP contribution in [0.15, 0.2) is 117 Å². The summed E-state index contributed by atoms with van der Waals surface area (Å²) in [7, 11) is 0. The van der Waals surface area contributed by atoms with Gasteiger partial charge >= 0.3 is 0 Å². The fourth-order valence-corrected chi connectivity index (χ4v) is 8.29. The molecule has 0 aromatic carbocycles. The molecule has 0 fully saturated rings. The van der Waals surface area contributed by atoms with E-state index in [2.05, 4.69) is 265 Å². The fraction of sp³-hybridized carbons (Fsp3) is 0.700. The smallest absolute Gasteiger partial charge is 0.126 e. The highest BCUT2D eigenvalue weighted by atomic mass is 15.2.